The fourth-order valence-corrected chi connectivity index (χ4v) is 3.04. The van der Waals surface area contributed by atoms with Gasteiger partial charge in [-0.15, -0.1) is 0 Å². The van der Waals surface area contributed by atoms with Gasteiger partial charge in [0.2, 0.25) is 0 Å². The third-order valence-corrected chi connectivity index (χ3v) is 4.66. The highest BCUT2D eigenvalue weighted by Gasteiger charge is 2.07. The standard InChI is InChI=1S/C25H24N4O3/c1-16-6-4-8-20(10-16)24(31)28-26-14-19-12-18(3)23(30)22(13-19)15-27-29-25(32)21-9-5-7-17(2)11-21/h4-15,30H,1-3H3,(H,28,31)(H,29,32). The molecule has 0 fully saturated rings. The van der Waals surface area contributed by atoms with E-state index in [2.05, 4.69) is 21.1 Å². The number of nitrogens with one attached hydrogen (secondary N) is 2. The number of hydrogen-bond donors (Lipinski definition) is 3. The highest BCUT2D eigenvalue weighted by atomic mass is 16.3. The summed E-state index contributed by atoms with van der Waals surface area (Å²) in [5.41, 5.74) is 9.55. The van der Waals surface area contributed by atoms with Crippen LogP contribution in [-0.4, -0.2) is 29.4 Å². The molecule has 3 aromatic carbocycles. The van der Waals surface area contributed by atoms with Gasteiger partial charge in [-0.3, -0.25) is 9.59 Å². The van der Waals surface area contributed by atoms with E-state index >= 15 is 0 Å². The summed E-state index contributed by atoms with van der Waals surface area (Å²) in [6.07, 6.45) is 2.83. The molecule has 2 amide bonds. The zero-order chi connectivity index (χ0) is 23.1. The van der Waals surface area contributed by atoms with E-state index in [9.17, 15) is 14.7 Å². The summed E-state index contributed by atoms with van der Waals surface area (Å²) in [7, 11) is 0. The minimum Gasteiger partial charge on any atom is -0.507 e. The Hall–Kier alpha value is -4.26. The van der Waals surface area contributed by atoms with E-state index in [0.29, 0.717) is 27.8 Å². The number of benzene rings is 3. The SMILES string of the molecule is Cc1cccc(C(=O)NN=Cc2cc(C)c(O)c(C=NNC(=O)c3cccc(C)c3)c2)c1. The highest BCUT2D eigenvalue weighted by Crippen LogP contribution is 2.21. The van der Waals surface area contributed by atoms with Crippen molar-refractivity contribution in [3.63, 3.8) is 0 Å². The molecular weight excluding hydrogens is 404 g/mol. The van der Waals surface area contributed by atoms with Crippen molar-refractivity contribution in [2.24, 2.45) is 10.2 Å². The van der Waals surface area contributed by atoms with Crippen LogP contribution in [0.5, 0.6) is 5.75 Å². The average Bonchev–Trinajstić information content (AvgIpc) is 2.76. The molecule has 0 spiro atoms. The lowest BCUT2D eigenvalue weighted by atomic mass is 10.1. The van der Waals surface area contributed by atoms with Crippen LogP contribution in [0, 0.1) is 20.8 Å². The number of rotatable bonds is 6. The molecule has 0 aliphatic rings. The van der Waals surface area contributed by atoms with Crippen molar-refractivity contribution in [2.75, 3.05) is 0 Å². The van der Waals surface area contributed by atoms with Gasteiger partial charge < -0.3 is 5.11 Å². The number of phenols is 1. The smallest absolute Gasteiger partial charge is 0.271 e. The molecule has 7 nitrogen and oxygen atoms in total. The maximum atomic E-state index is 12.2. The highest BCUT2D eigenvalue weighted by molar-refractivity contribution is 5.96. The average molecular weight is 428 g/mol. The number of amides is 2. The van der Waals surface area contributed by atoms with Crippen LogP contribution >= 0.6 is 0 Å². The monoisotopic (exact) mass is 428 g/mol. The van der Waals surface area contributed by atoms with Crippen LogP contribution in [-0.2, 0) is 0 Å². The second-order valence-electron chi connectivity index (χ2n) is 7.41. The van der Waals surface area contributed by atoms with E-state index in [1.165, 1.54) is 12.4 Å². The van der Waals surface area contributed by atoms with Gasteiger partial charge in [0.05, 0.1) is 12.4 Å². The van der Waals surface area contributed by atoms with Crippen LogP contribution in [0.15, 0.2) is 70.9 Å². The summed E-state index contributed by atoms with van der Waals surface area (Å²) >= 11 is 0. The van der Waals surface area contributed by atoms with Crippen molar-refractivity contribution in [3.05, 3.63) is 99.6 Å². The maximum Gasteiger partial charge on any atom is 0.271 e. The lowest BCUT2D eigenvalue weighted by molar-refractivity contribution is 0.0947. The Morgan fingerprint density at radius 2 is 1.31 bits per heavy atom. The molecule has 0 atom stereocenters. The summed E-state index contributed by atoms with van der Waals surface area (Å²) in [5.74, 6) is -0.627. The molecule has 0 aliphatic carbocycles. The molecule has 162 valence electrons. The number of nitrogens with zero attached hydrogens (tertiary/aromatic N) is 2. The van der Waals surface area contributed by atoms with Crippen molar-refractivity contribution in [3.8, 4) is 5.75 Å². The number of aryl methyl sites for hydroxylation is 3. The van der Waals surface area contributed by atoms with Crippen LogP contribution in [0.1, 0.15) is 48.5 Å². The van der Waals surface area contributed by atoms with E-state index in [0.717, 1.165) is 11.1 Å². The van der Waals surface area contributed by atoms with Crippen LogP contribution in [0.2, 0.25) is 0 Å². The molecule has 32 heavy (non-hydrogen) atoms. The second-order valence-corrected chi connectivity index (χ2v) is 7.41. The van der Waals surface area contributed by atoms with Gasteiger partial charge in [-0.25, -0.2) is 10.9 Å². The number of carbonyl (C=O) groups excluding carboxylic acids is 2. The number of aromatic hydroxyl groups is 1. The molecular formula is C25H24N4O3. The first kappa shape index (κ1) is 22.4. The van der Waals surface area contributed by atoms with Gasteiger partial charge in [-0.2, -0.15) is 10.2 Å². The zero-order valence-corrected chi connectivity index (χ0v) is 18.1. The summed E-state index contributed by atoms with van der Waals surface area (Å²) < 4.78 is 0. The molecule has 0 aliphatic heterocycles. The minimum atomic E-state index is -0.349. The Morgan fingerprint density at radius 1 is 0.781 bits per heavy atom. The third-order valence-electron chi connectivity index (χ3n) is 4.66. The van der Waals surface area contributed by atoms with Crippen LogP contribution in [0.3, 0.4) is 0 Å². The quantitative estimate of drug-likeness (QED) is 0.410. The molecule has 0 saturated heterocycles. The molecule has 7 heteroatoms. The molecule has 3 rings (SSSR count). The molecule has 0 aromatic heterocycles. The van der Waals surface area contributed by atoms with Gasteiger partial charge in [0.15, 0.2) is 0 Å². The first-order valence-electron chi connectivity index (χ1n) is 9.97. The maximum absolute atomic E-state index is 12.2. The lowest BCUT2D eigenvalue weighted by Crippen LogP contribution is -2.18. The third kappa shape index (κ3) is 5.89. The molecule has 0 heterocycles. The summed E-state index contributed by atoms with van der Waals surface area (Å²) in [6, 6.07) is 17.7. The van der Waals surface area contributed by atoms with Crippen molar-refractivity contribution in [1.82, 2.24) is 10.9 Å². The predicted octanol–water partition coefficient (Wildman–Crippen LogP) is 3.85. The van der Waals surface area contributed by atoms with Gasteiger partial charge in [-0.1, -0.05) is 35.4 Å². The molecule has 0 radical (unpaired) electrons. The molecule has 0 saturated carbocycles. The number of carbonyl (C=O) groups is 2. The Balaban J connectivity index is 1.68. The lowest BCUT2D eigenvalue weighted by Gasteiger charge is -2.06. The largest absolute Gasteiger partial charge is 0.507 e. The van der Waals surface area contributed by atoms with Crippen molar-refractivity contribution in [1.29, 1.82) is 0 Å². The first-order chi connectivity index (χ1) is 15.3. The minimum absolute atomic E-state index is 0.0412. The topological polar surface area (TPSA) is 103 Å². The first-order valence-corrected chi connectivity index (χ1v) is 9.97. The number of phenolic OH excluding ortho intramolecular Hbond substituents is 1. The molecule has 3 N–H and O–H groups in total. The van der Waals surface area contributed by atoms with E-state index in [-0.39, 0.29) is 17.6 Å². The number of hydrogen-bond acceptors (Lipinski definition) is 5. The van der Waals surface area contributed by atoms with Crippen molar-refractivity contribution in [2.45, 2.75) is 20.8 Å². The summed E-state index contributed by atoms with van der Waals surface area (Å²) in [5, 5.41) is 18.3. The molecule has 3 aromatic rings. The van der Waals surface area contributed by atoms with Gasteiger partial charge in [0.1, 0.15) is 5.75 Å². The molecule has 0 bridgehead atoms. The second kappa shape index (κ2) is 10.2. The Bertz CT molecular complexity index is 1220. The van der Waals surface area contributed by atoms with Gasteiger partial charge in [-0.05, 0) is 68.3 Å². The van der Waals surface area contributed by atoms with E-state index in [1.54, 1.807) is 55.5 Å². The fourth-order valence-electron chi connectivity index (χ4n) is 3.04. The summed E-state index contributed by atoms with van der Waals surface area (Å²) in [6.45, 7) is 5.55. The van der Waals surface area contributed by atoms with Crippen LogP contribution in [0.4, 0.5) is 0 Å². The van der Waals surface area contributed by atoms with Gasteiger partial charge in [0.25, 0.3) is 11.8 Å². The fraction of sp³-hybridized carbons (Fsp3) is 0.120. The Morgan fingerprint density at radius 3 is 1.84 bits per heavy atom. The Kier molecular flexibility index (Phi) is 7.13. The molecule has 0 unspecified atom stereocenters. The number of hydrazone groups is 2. The van der Waals surface area contributed by atoms with Gasteiger partial charge in [0, 0.05) is 16.7 Å². The van der Waals surface area contributed by atoms with Crippen molar-refractivity contribution < 1.29 is 14.7 Å². The van der Waals surface area contributed by atoms with Crippen LogP contribution < -0.4 is 10.9 Å². The Labute approximate surface area is 186 Å². The van der Waals surface area contributed by atoms with E-state index in [1.807, 2.05) is 26.0 Å². The summed E-state index contributed by atoms with van der Waals surface area (Å²) in [4.78, 5) is 24.4. The predicted molar refractivity (Wildman–Crippen MR) is 125 cm³/mol. The zero-order valence-electron chi connectivity index (χ0n) is 18.1. The van der Waals surface area contributed by atoms with Crippen LogP contribution in [0.25, 0.3) is 0 Å². The van der Waals surface area contributed by atoms with E-state index < -0.39 is 0 Å². The van der Waals surface area contributed by atoms with Gasteiger partial charge >= 0.3 is 0 Å². The normalized spacial score (nSPS) is 11.1. The van der Waals surface area contributed by atoms with E-state index in [4.69, 9.17) is 0 Å². The van der Waals surface area contributed by atoms with Crippen molar-refractivity contribution >= 4 is 24.2 Å².